The lowest BCUT2D eigenvalue weighted by molar-refractivity contribution is 0.0998. The third kappa shape index (κ3) is 6.20. The first-order chi connectivity index (χ1) is 14.4. The van der Waals surface area contributed by atoms with Crippen molar-refractivity contribution in [2.24, 2.45) is 5.73 Å². The lowest BCUT2D eigenvalue weighted by Crippen LogP contribution is -2.32. The standard InChI is InChI=1S/C21H29N5O2S2/c1-14-6-7-16(12-15(14)2)13-29-20-17(18(22)27)19(30-25-20)24-21(28)23-8-5-11-26-9-3-4-10-26/h6-7,12H,3-5,8-11,13H2,1-2H3,(H2,22,27)(H2,23,24,28). The number of hydrogen-bond acceptors (Lipinski definition) is 6. The molecular weight excluding hydrogens is 418 g/mol. The van der Waals surface area contributed by atoms with Crippen molar-refractivity contribution in [1.29, 1.82) is 0 Å². The number of carbonyl (C=O) groups is 2. The van der Waals surface area contributed by atoms with E-state index in [1.807, 2.05) is 0 Å². The number of urea groups is 1. The van der Waals surface area contributed by atoms with E-state index in [1.165, 1.54) is 35.7 Å². The molecule has 2 heterocycles. The number of anilines is 1. The van der Waals surface area contributed by atoms with Crippen LogP contribution in [0.4, 0.5) is 9.80 Å². The van der Waals surface area contributed by atoms with Crippen LogP contribution in [0, 0.1) is 13.8 Å². The first kappa shape index (κ1) is 22.6. The van der Waals surface area contributed by atoms with Crippen molar-refractivity contribution in [3.63, 3.8) is 0 Å². The minimum Gasteiger partial charge on any atom is -0.365 e. The fourth-order valence-corrected chi connectivity index (χ4v) is 5.29. The molecule has 1 aromatic heterocycles. The van der Waals surface area contributed by atoms with Gasteiger partial charge in [-0.1, -0.05) is 30.0 Å². The summed E-state index contributed by atoms with van der Waals surface area (Å²) >= 11 is 2.53. The number of carbonyl (C=O) groups excluding carboxylic acids is 2. The fourth-order valence-electron chi connectivity index (χ4n) is 3.38. The molecule has 162 valence electrons. The molecule has 30 heavy (non-hydrogen) atoms. The Morgan fingerprint density at radius 1 is 1.23 bits per heavy atom. The van der Waals surface area contributed by atoms with E-state index in [1.54, 1.807) is 0 Å². The number of nitrogens with two attached hydrogens (primary N) is 1. The summed E-state index contributed by atoms with van der Waals surface area (Å²) in [4.78, 5) is 26.6. The predicted octanol–water partition coefficient (Wildman–Crippen LogP) is 3.76. The van der Waals surface area contributed by atoms with E-state index in [2.05, 4.69) is 52.0 Å². The summed E-state index contributed by atoms with van der Waals surface area (Å²) in [6.45, 7) is 8.03. The maximum atomic E-state index is 12.2. The first-order valence-corrected chi connectivity index (χ1v) is 12.0. The van der Waals surface area contributed by atoms with Gasteiger partial charge in [0.2, 0.25) is 0 Å². The average Bonchev–Trinajstić information content (AvgIpc) is 3.36. The van der Waals surface area contributed by atoms with Gasteiger partial charge in [-0.05, 0) is 81.0 Å². The van der Waals surface area contributed by atoms with Crippen LogP contribution in [-0.2, 0) is 5.75 Å². The largest absolute Gasteiger partial charge is 0.365 e. The van der Waals surface area contributed by atoms with Gasteiger partial charge in [0.15, 0.2) is 0 Å². The van der Waals surface area contributed by atoms with Gasteiger partial charge < -0.3 is 16.0 Å². The summed E-state index contributed by atoms with van der Waals surface area (Å²) in [6, 6.07) is 5.95. The molecule has 0 atom stereocenters. The van der Waals surface area contributed by atoms with Gasteiger partial charge in [-0.15, -0.1) is 0 Å². The lowest BCUT2D eigenvalue weighted by atomic mass is 10.1. The molecule has 9 heteroatoms. The number of amides is 3. The second-order valence-corrected chi connectivity index (χ2v) is 9.28. The number of likely N-dealkylation sites (tertiary alicyclic amines) is 1. The van der Waals surface area contributed by atoms with Crippen molar-refractivity contribution >= 4 is 40.2 Å². The second-order valence-electron chi connectivity index (χ2n) is 7.55. The molecular formula is C21H29N5O2S2. The molecule has 1 saturated heterocycles. The number of thioether (sulfide) groups is 1. The summed E-state index contributed by atoms with van der Waals surface area (Å²) < 4.78 is 4.35. The SMILES string of the molecule is Cc1ccc(CSc2nsc(NC(=O)NCCCN3CCCC3)c2C(N)=O)cc1C. The number of aryl methyl sites for hydroxylation is 2. The van der Waals surface area contributed by atoms with Crippen LogP contribution < -0.4 is 16.4 Å². The third-order valence-electron chi connectivity index (χ3n) is 5.22. The van der Waals surface area contributed by atoms with Crippen molar-refractivity contribution in [3.8, 4) is 0 Å². The van der Waals surface area contributed by atoms with Gasteiger partial charge in [-0.3, -0.25) is 10.1 Å². The Morgan fingerprint density at radius 2 is 2.00 bits per heavy atom. The summed E-state index contributed by atoms with van der Waals surface area (Å²) in [6.07, 6.45) is 3.42. The Balaban J connectivity index is 1.53. The average molecular weight is 448 g/mol. The Labute approximate surface area is 186 Å². The molecule has 0 spiro atoms. The topological polar surface area (TPSA) is 100 Å². The van der Waals surface area contributed by atoms with Gasteiger partial charge >= 0.3 is 6.03 Å². The maximum absolute atomic E-state index is 12.2. The molecule has 7 nitrogen and oxygen atoms in total. The van der Waals surface area contributed by atoms with Crippen LogP contribution in [0.3, 0.4) is 0 Å². The molecule has 1 aliphatic heterocycles. The molecule has 0 radical (unpaired) electrons. The first-order valence-electron chi connectivity index (χ1n) is 10.2. The molecule has 1 aromatic carbocycles. The van der Waals surface area contributed by atoms with E-state index in [-0.39, 0.29) is 11.6 Å². The van der Waals surface area contributed by atoms with E-state index < -0.39 is 5.91 Å². The minimum atomic E-state index is -0.587. The van der Waals surface area contributed by atoms with Crippen molar-refractivity contribution < 1.29 is 9.59 Å². The van der Waals surface area contributed by atoms with Gasteiger partial charge in [0.1, 0.15) is 15.6 Å². The molecule has 1 fully saturated rings. The Morgan fingerprint density at radius 3 is 2.70 bits per heavy atom. The zero-order chi connectivity index (χ0) is 21.5. The van der Waals surface area contributed by atoms with Crippen LogP contribution in [-0.4, -0.2) is 47.4 Å². The number of hydrogen-bond donors (Lipinski definition) is 3. The molecule has 0 aliphatic carbocycles. The van der Waals surface area contributed by atoms with Gasteiger partial charge in [0.25, 0.3) is 5.91 Å². The second kappa shape index (κ2) is 10.8. The van der Waals surface area contributed by atoms with Crippen LogP contribution in [0.25, 0.3) is 0 Å². The molecule has 0 unspecified atom stereocenters. The van der Waals surface area contributed by atoms with Crippen LogP contribution in [0.1, 0.15) is 46.3 Å². The van der Waals surface area contributed by atoms with E-state index in [9.17, 15) is 9.59 Å². The van der Waals surface area contributed by atoms with Crippen LogP contribution in [0.5, 0.6) is 0 Å². The molecule has 1 aliphatic rings. The van der Waals surface area contributed by atoms with Crippen LogP contribution >= 0.6 is 23.3 Å². The summed E-state index contributed by atoms with van der Waals surface area (Å²) in [7, 11) is 0. The monoisotopic (exact) mass is 447 g/mol. The zero-order valence-corrected chi connectivity index (χ0v) is 19.1. The van der Waals surface area contributed by atoms with Crippen LogP contribution in [0.2, 0.25) is 0 Å². The minimum absolute atomic E-state index is 0.279. The molecule has 0 saturated carbocycles. The fraction of sp³-hybridized carbons (Fsp3) is 0.476. The van der Waals surface area contributed by atoms with Gasteiger partial charge in [0, 0.05) is 12.3 Å². The molecule has 2 aromatic rings. The normalized spacial score (nSPS) is 14.1. The zero-order valence-electron chi connectivity index (χ0n) is 17.5. The quantitative estimate of drug-likeness (QED) is 0.401. The third-order valence-corrected chi connectivity index (χ3v) is 7.14. The molecule has 4 N–H and O–H groups in total. The highest BCUT2D eigenvalue weighted by molar-refractivity contribution is 7.98. The number of nitrogens with zero attached hydrogens (tertiary/aromatic N) is 2. The Kier molecular flexibility index (Phi) is 8.12. The van der Waals surface area contributed by atoms with E-state index in [4.69, 9.17) is 5.73 Å². The smallest absolute Gasteiger partial charge is 0.319 e. The van der Waals surface area contributed by atoms with Gasteiger partial charge in [-0.25, -0.2) is 4.79 Å². The summed E-state index contributed by atoms with van der Waals surface area (Å²) in [5.41, 5.74) is 9.48. The van der Waals surface area contributed by atoms with E-state index in [0.717, 1.165) is 43.2 Å². The number of benzene rings is 1. The van der Waals surface area contributed by atoms with Crippen molar-refractivity contribution in [2.45, 2.75) is 43.9 Å². The van der Waals surface area contributed by atoms with Crippen LogP contribution in [0.15, 0.2) is 23.2 Å². The molecule has 3 amide bonds. The summed E-state index contributed by atoms with van der Waals surface area (Å²) in [5, 5.41) is 6.52. The number of primary amides is 1. The lowest BCUT2D eigenvalue weighted by Gasteiger charge is -2.14. The van der Waals surface area contributed by atoms with Gasteiger partial charge in [0.05, 0.1) is 0 Å². The Hall–Kier alpha value is -2.10. The predicted molar refractivity (Wildman–Crippen MR) is 123 cm³/mol. The maximum Gasteiger partial charge on any atom is 0.319 e. The Bertz CT molecular complexity index is 894. The van der Waals surface area contributed by atoms with Crippen molar-refractivity contribution in [3.05, 3.63) is 40.5 Å². The highest BCUT2D eigenvalue weighted by atomic mass is 32.2. The van der Waals surface area contributed by atoms with Crippen molar-refractivity contribution in [2.75, 3.05) is 31.5 Å². The van der Waals surface area contributed by atoms with E-state index in [0.29, 0.717) is 22.3 Å². The number of aromatic nitrogens is 1. The number of rotatable bonds is 9. The summed E-state index contributed by atoms with van der Waals surface area (Å²) in [5.74, 6) is 0.0865. The number of nitrogens with one attached hydrogen (secondary N) is 2. The van der Waals surface area contributed by atoms with E-state index >= 15 is 0 Å². The highest BCUT2D eigenvalue weighted by Crippen LogP contribution is 2.33. The van der Waals surface area contributed by atoms with Crippen molar-refractivity contribution in [1.82, 2.24) is 14.6 Å². The van der Waals surface area contributed by atoms with Gasteiger partial charge in [-0.2, -0.15) is 4.37 Å². The molecule has 0 bridgehead atoms. The highest BCUT2D eigenvalue weighted by Gasteiger charge is 2.21. The molecule has 3 rings (SSSR count).